The average Bonchev–Trinajstić information content (AvgIpc) is 3.91. The first-order valence-electron chi connectivity index (χ1n) is 22.6. The first-order valence-corrected chi connectivity index (χ1v) is 22.6. The molecule has 0 spiro atoms. The number of aromatic hydroxyl groups is 1. The van der Waals surface area contributed by atoms with Gasteiger partial charge in [0.25, 0.3) is 0 Å². The fraction of sp³-hybridized carbons (Fsp3) is 0.115. The second-order valence-electron chi connectivity index (χ2n) is 18.7. The van der Waals surface area contributed by atoms with Crippen molar-refractivity contribution in [2.45, 2.75) is 45.4 Å². The molecular weight excluding hydrogens is 1000 g/mol. The number of phenols is 1. The third-order valence-electron chi connectivity index (χ3n) is 13.2. The molecule has 0 aliphatic heterocycles. The average molecular weight is 1050 g/mol. The summed E-state index contributed by atoms with van der Waals surface area (Å²) in [5.74, 6) is 0.815. The molecule has 3 heterocycles. The summed E-state index contributed by atoms with van der Waals surface area (Å²) in [4.78, 5) is 10.8. The van der Waals surface area contributed by atoms with Crippen molar-refractivity contribution < 1.29 is 26.2 Å². The van der Waals surface area contributed by atoms with Crippen LogP contribution < -0.4 is 0 Å². The van der Waals surface area contributed by atoms with E-state index in [9.17, 15) is 5.11 Å². The Labute approximate surface area is 406 Å². The molecule has 3 aromatic heterocycles. The van der Waals surface area contributed by atoms with Crippen LogP contribution in [-0.4, -0.2) is 24.2 Å². The largest absolute Gasteiger partial charge is 0.507 e. The van der Waals surface area contributed by atoms with Crippen molar-refractivity contribution in [3.63, 3.8) is 0 Å². The van der Waals surface area contributed by atoms with Crippen molar-refractivity contribution >= 4 is 32.8 Å². The van der Waals surface area contributed by atoms with Crippen LogP contribution >= 0.6 is 0 Å². The number of para-hydroxylation sites is 4. The van der Waals surface area contributed by atoms with Gasteiger partial charge in [-0.2, -0.15) is 0 Å². The van der Waals surface area contributed by atoms with E-state index in [-0.39, 0.29) is 37.6 Å². The van der Waals surface area contributed by atoms with E-state index in [0.29, 0.717) is 11.4 Å². The molecule has 0 aliphatic rings. The van der Waals surface area contributed by atoms with E-state index in [0.717, 1.165) is 83.3 Å². The molecule has 0 saturated heterocycles. The molecule has 0 bridgehead atoms. The molecule has 0 atom stereocenters. The van der Waals surface area contributed by atoms with Crippen LogP contribution in [0, 0.1) is 6.07 Å². The van der Waals surface area contributed by atoms with Gasteiger partial charge in [-0.1, -0.05) is 173 Å². The summed E-state index contributed by atoms with van der Waals surface area (Å²) in [7, 11) is 0. The molecule has 0 unspecified atom stereocenters. The van der Waals surface area contributed by atoms with Crippen molar-refractivity contribution in [3.8, 4) is 62.0 Å². The quantitative estimate of drug-likeness (QED) is 0.154. The van der Waals surface area contributed by atoms with Gasteiger partial charge >= 0.3 is 0 Å². The summed E-state index contributed by atoms with van der Waals surface area (Å²) < 4.78 is 4.56. The first kappa shape index (κ1) is 43.6. The summed E-state index contributed by atoms with van der Waals surface area (Å²) in [5, 5.41) is 13.7. The third-order valence-corrected chi connectivity index (χ3v) is 13.2. The molecule has 330 valence electrons. The minimum atomic E-state index is -0.389. The number of aromatic nitrogens is 4. The Bertz CT molecular complexity index is 3600. The van der Waals surface area contributed by atoms with Crippen molar-refractivity contribution in [2.24, 2.45) is 0 Å². The van der Waals surface area contributed by atoms with E-state index in [1.54, 1.807) is 6.07 Å². The maximum atomic E-state index is 11.5. The molecule has 8 aromatic carbocycles. The van der Waals surface area contributed by atoms with E-state index in [4.69, 9.17) is 9.97 Å². The van der Waals surface area contributed by atoms with Crippen LogP contribution in [0.2, 0.25) is 0 Å². The van der Waals surface area contributed by atoms with Gasteiger partial charge in [0.05, 0.1) is 33.3 Å². The van der Waals surface area contributed by atoms with Crippen molar-refractivity contribution in [1.82, 2.24) is 19.1 Å². The molecule has 0 radical (unpaired) electrons. The smallest absolute Gasteiger partial charge is 0.148 e. The fourth-order valence-electron chi connectivity index (χ4n) is 9.65. The Balaban J connectivity index is 0.00000525. The second kappa shape index (κ2) is 17.1. The molecular formula is C61H49N4OPt-. The van der Waals surface area contributed by atoms with Gasteiger partial charge in [0.15, 0.2) is 0 Å². The molecule has 5 nitrogen and oxygen atoms in total. The number of imidazole rings is 1. The van der Waals surface area contributed by atoms with Gasteiger partial charge in [0.2, 0.25) is 0 Å². The van der Waals surface area contributed by atoms with Gasteiger partial charge in [0, 0.05) is 60.4 Å². The van der Waals surface area contributed by atoms with Crippen LogP contribution in [0.5, 0.6) is 5.75 Å². The Hall–Kier alpha value is -7.33. The number of rotatable bonds is 8. The molecule has 6 heteroatoms. The van der Waals surface area contributed by atoms with Gasteiger partial charge in [-0.3, -0.25) is 9.55 Å². The van der Waals surface area contributed by atoms with E-state index >= 15 is 0 Å². The van der Waals surface area contributed by atoms with Crippen LogP contribution in [0.3, 0.4) is 0 Å². The van der Waals surface area contributed by atoms with Gasteiger partial charge in [-0.05, 0) is 76.7 Å². The van der Waals surface area contributed by atoms with Crippen molar-refractivity contribution in [1.29, 1.82) is 0 Å². The number of nitrogens with zero attached hydrogens (tertiary/aromatic N) is 4. The van der Waals surface area contributed by atoms with Crippen LogP contribution in [-0.2, 0) is 31.9 Å². The zero-order chi connectivity index (χ0) is 45.2. The third kappa shape index (κ3) is 7.58. The van der Waals surface area contributed by atoms with Crippen LogP contribution in [0.25, 0.3) is 89.1 Å². The summed E-state index contributed by atoms with van der Waals surface area (Å²) in [6.07, 6.45) is 1.93. The Kier molecular flexibility index (Phi) is 11.1. The standard InChI is InChI=1S/C61H49N4O.Pt/c1-60(2,3)44-32-33-52(50(39-44)40-20-9-6-10-21-40)65-54-30-19-28-47(58(54)63-59(65)49-27-16-18-31-55(49)66)41-36-42(38-45(37-41)61(4,5)43-22-11-7-12-23-43)57-56-48-26-15-17-29-51(48)64(53(56)34-35-62-57)46-24-13-8-14-25-46;/h6-35,37-39,66H,1-5H3;/q-1;. The van der Waals surface area contributed by atoms with E-state index in [1.807, 2.05) is 24.4 Å². The molecule has 0 amide bonds. The number of phenolic OH excluding ortho intramolecular Hbond substituents is 1. The second-order valence-corrected chi connectivity index (χ2v) is 18.7. The number of pyridine rings is 1. The fourth-order valence-corrected chi connectivity index (χ4v) is 9.65. The summed E-state index contributed by atoms with van der Waals surface area (Å²) in [6, 6.07) is 71.7. The van der Waals surface area contributed by atoms with Gasteiger partial charge in [-0.15, -0.1) is 29.3 Å². The van der Waals surface area contributed by atoms with E-state index in [1.165, 1.54) is 11.1 Å². The van der Waals surface area contributed by atoms with Crippen molar-refractivity contribution in [3.05, 3.63) is 223 Å². The predicted molar refractivity (Wildman–Crippen MR) is 273 cm³/mol. The Morgan fingerprint density at radius 3 is 1.90 bits per heavy atom. The summed E-state index contributed by atoms with van der Waals surface area (Å²) >= 11 is 0. The molecule has 0 aliphatic carbocycles. The predicted octanol–water partition coefficient (Wildman–Crippen LogP) is 15.3. The van der Waals surface area contributed by atoms with E-state index in [2.05, 4.69) is 220 Å². The summed E-state index contributed by atoms with van der Waals surface area (Å²) in [6.45, 7) is 11.3. The Morgan fingerprint density at radius 2 is 1.15 bits per heavy atom. The maximum absolute atomic E-state index is 11.5. The molecule has 1 N–H and O–H groups in total. The number of benzene rings is 8. The zero-order valence-electron chi connectivity index (χ0n) is 38.1. The minimum absolute atomic E-state index is 0. The molecule has 11 rings (SSSR count). The Morgan fingerprint density at radius 1 is 0.507 bits per heavy atom. The van der Waals surface area contributed by atoms with E-state index < -0.39 is 0 Å². The van der Waals surface area contributed by atoms with Crippen LogP contribution in [0.4, 0.5) is 0 Å². The molecule has 0 saturated carbocycles. The number of hydrogen-bond acceptors (Lipinski definition) is 3. The summed E-state index contributed by atoms with van der Waals surface area (Å²) in [5.41, 5.74) is 15.5. The number of hydrogen-bond donors (Lipinski definition) is 1. The van der Waals surface area contributed by atoms with Crippen LogP contribution in [0.1, 0.15) is 51.3 Å². The van der Waals surface area contributed by atoms with Gasteiger partial charge < -0.3 is 9.67 Å². The monoisotopic (exact) mass is 1050 g/mol. The minimum Gasteiger partial charge on any atom is -0.507 e. The zero-order valence-corrected chi connectivity index (χ0v) is 40.4. The maximum Gasteiger partial charge on any atom is 0.148 e. The normalized spacial score (nSPS) is 11.9. The SMILES string of the molecule is CC(C)(C)c1ccc(-n2c(-c3ccccc3O)nc3c(-c4[c-]c(-c5nccc6c5c5ccccc5n6-c5ccccc5)cc(C(C)(C)c5ccccc5)c4)cccc32)c(-c2ccccc2)c1.[Pt]. The topological polar surface area (TPSA) is 55.9 Å². The van der Waals surface area contributed by atoms with Crippen molar-refractivity contribution in [2.75, 3.05) is 0 Å². The molecule has 67 heavy (non-hydrogen) atoms. The molecule has 11 aromatic rings. The van der Waals surface area contributed by atoms with Gasteiger partial charge in [0.1, 0.15) is 11.6 Å². The van der Waals surface area contributed by atoms with Crippen LogP contribution in [0.15, 0.2) is 200 Å². The van der Waals surface area contributed by atoms with Gasteiger partial charge in [-0.25, -0.2) is 4.98 Å². The first-order chi connectivity index (χ1) is 32.1. The molecule has 0 fully saturated rings. The number of fused-ring (bicyclic) bond motifs is 4.